The van der Waals surface area contributed by atoms with Gasteiger partial charge in [0.25, 0.3) is 0 Å². The second-order valence-corrected chi connectivity index (χ2v) is 9.79. The number of thiophene rings is 1. The first kappa shape index (κ1) is 20.0. The minimum Gasteiger partial charge on any atom is -0.325 e. The van der Waals surface area contributed by atoms with Crippen LogP contribution in [0.15, 0.2) is 34.4 Å². The van der Waals surface area contributed by atoms with Crippen LogP contribution in [0.1, 0.15) is 10.4 Å². The highest BCUT2D eigenvalue weighted by molar-refractivity contribution is 8.00. The second kappa shape index (κ2) is 8.59. The van der Waals surface area contributed by atoms with Crippen LogP contribution in [0.2, 0.25) is 5.02 Å². The molecule has 0 bridgehead atoms. The molecule has 1 aliphatic heterocycles. The maximum Gasteiger partial charge on any atom is 0.234 e. The Hall–Kier alpha value is -1.32. The molecule has 1 amide bonds. The van der Waals surface area contributed by atoms with Crippen LogP contribution in [0.3, 0.4) is 0 Å². The first-order valence-electron chi connectivity index (χ1n) is 8.76. The van der Waals surface area contributed by atoms with Gasteiger partial charge >= 0.3 is 0 Å². The molecule has 0 radical (unpaired) electrons. The Balaban J connectivity index is 1.57. The Labute approximate surface area is 181 Å². The third-order valence-electron chi connectivity index (χ3n) is 4.49. The fraction of sp³-hybridized carbons (Fsp3) is 0.316. The molecular formula is C19H19ClN4OS3. The number of nitrogens with one attached hydrogen (secondary N) is 1. The van der Waals surface area contributed by atoms with E-state index in [4.69, 9.17) is 21.6 Å². The van der Waals surface area contributed by atoms with Crippen LogP contribution in [0.25, 0.3) is 10.2 Å². The van der Waals surface area contributed by atoms with Gasteiger partial charge in [-0.1, -0.05) is 35.1 Å². The minimum atomic E-state index is -0.0615. The molecule has 28 heavy (non-hydrogen) atoms. The largest absolute Gasteiger partial charge is 0.325 e. The summed E-state index contributed by atoms with van der Waals surface area (Å²) < 4.78 is 0. The third-order valence-corrected chi connectivity index (χ3v) is 7.37. The van der Waals surface area contributed by atoms with E-state index in [0.717, 1.165) is 45.6 Å². The molecule has 146 valence electrons. The molecule has 9 heteroatoms. The number of halogens is 1. The Bertz CT molecular complexity index is 1020. The number of aromatic nitrogens is 2. The molecule has 1 aliphatic rings. The van der Waals surface area contributed by atoms with Gasteiger partial charge in [-0.3, -0.25) is 4.79 Å². The van der Waals surface area contributed by atoms with Gasteiger partial charge in [0.2, 0.25) is 5.91 Å². The van der Waals surface area contributed by atoms with Crippen molar-refractivity contribution in [3.63, 3.8) is 0 Å². The molecule has 3 aromatic rings. The lowest BCUT2D eigenvalue weighted by molar-refractivity contribution is -0.113. The van der Waals surface area contributed by atoms with Crippen molar-refractivity contribution in [3.8, 4) is 0 Å². The monoisotopic (exact) mass is 450 g/mol. The highest BCUT2D eigenvalue weighted by Gasteiger charge is 2.23. The van der Waals surface area contributed by atoms with Gasteiger partial charge in [-0.2, -0.15) is 0 Å². The Morgan fingerprint density at radius 3 is 2.86 bits per heavy atom. The van der Waals surface area contributed by atoms with E-state index in [-0.39, 0.29) is 5.91 Å². The lowest BCUT2D eigenvalue weighted by atomic mass is 10.1. The van der Waals surface area contributed by atoms with E-state index in [2.05, 4.69) is 17.3 Å². The van der Waals surface area contributed by atoms with Crippen molar-refractivity contribution in [1.29, 1.82) is 0 Å². The summed E-state index contributed by atoms with van der Waals surface area (Å²) in [6.45, 7) is 1.98. The summed E-state index contributed by atoms with van der Waals surface area (Å²) in [6.07, 6.45) is 2.97. The van der Waals surface area contributed by atoms with Gasteiger partial charge in [-0.05, 0) is 49.6 Å². The van der Waals surface area contributed by atoms with E-state index in [1.807, 2.05) is 6.26 Å². The number of benzene rings is 1. The molecule has 1 aromatic carbocycles. The van der Waals surface area contributed by atoms with Crippen LogP contribution < -0.4 is 5.32 Å². The van der Waals surface area contributed by atoms with E-state index in [1.165, 1.54) is 34.0 Å². The van der Waals surface area contributed by atoms with Gasteiger partial charge in [0, 0.05) is 34.1 Å². The number of thioether (sulfide) groups is 2. The molecule has 0 atom stereocenters. The number of carbonyl (C=O) groups is 1. The number of carbonyl (C=O) groups excluding carboxylic acids is 1. The Morgan fingerprint density at radius 1 is 1.32 bits per heavy atom. The molecular weight excluding hydrogens is 432 g/mol. The van der Waals surface area contributed by atoms with Crippen molar-refractivity contribution in [2.75, 3.05) is 30.9 Å². The van der Waals surface area contributed by atoms with E-state index in [1.54, 1.807) is 35.6 Å². The van der Waals surface area contributed by atoms with Crippen molar-refractivity contribution in [2.45, 2.75) is 23.1 Å². The molecule has 0 spiro atoms. The lowest BCUT2D eigenvalue weighted by Crippen LogP contribution is -2.25. The average Bonchev–Trinajstić information content (AvgIpc) is 3.05. The number of anilines is 1. The van der Waals surface area contributed by atoms with Crippen molar-refractivity contribution < 1.29 is 4.79 Å². The molecule has 0 unspecified atom stereocenters. The third kappa shape index (κ3) is 4.31. The molecule has 4 rings (SSSR count). The Morgan fingerprint density at radius 2 is 2.11 bits per heavy atom. The molecule has 0 saturated carbocycles. The van der Waals surface area contributed by atoms with E-state index in [9.17, 15) is 4.79 Å². The molecule has 5 nitrogen and oxygen atoms in total. The predicted octanol–water partition coefficient (Wildman–Crippen LogP) is 4.79. The zero-order valence-corrected chi connectivity index (χ0v) is 18.7. The van der Waals surface area contributed by atoms with Gasteiger partial charge in [-0.25, -0.2) is 9.97 Å². The van der Waals surface area contributed by atoms with Crippen LogP contribution in [-0.4, -0.2) is 46.4 Å². The Kier molecular flexibility index (Phi) is 6.13. The normalized spacial score (nSPS) is 14.2. The quantitative estimate of drug-likeness (QED) is 0.343. The van der Waals surface area contributed by atoms with Crippen LogP contribution in [-0.2, 0) is 17.8 Å². The zero-order valence-electron chi connectivity index (χ0n) is 15.5. The SMILES string of the molecule is CSc1nc(SCC(=O)Nc2ccc(Cl)cc2)c2c3c(sc2n1)CN(C)CC3. The van der Waals surface area contributed by atoms with E-state index in [0.29, 0.717) is 10.8 Å². The number of likely N-dealkylation sites (N-methyl/N-ethyl adjacent to an activating group) is 1. The molecule has 2 aromatic heterocycles. The molecule has 3 heterocycles. The second-order valence-electron chi connectivity index (χ2n) is 6.53. The molecule has 0 fully saturated rings. The molecule has 1 N–H and O–H groups in total. The van der Waals surface area contributed by atoms with Gasteiger partial charge < -0.3 is 10.2 Å². The minimum absolute atomic E-state index is 0.0615. The average molecular weight is 451 g/mol. The number of nitrogens with zero attached hydrogens (tertiary/aromatic N) is 3. The van der Waals surface area contributed by atoms with Crippen LogP contribution in [0, 0.1) is 0 Å². The fourth-order valence-corrected chi connectivity index (χ4v) is 5.96. The summed E-state index contributed by atoms with van der Waals surface area (Å²) in [5.74, 6) is 0.237. The van der Waals surface area contributed by atoms with E-state index < -0.39 is 0 Å². The van der Waals surface area contributed by atoms with Crippen molar-refractivity contribution in [3.05, 3.63) is 39.7 Å². The highest BCUT2D eigenvalue weighted by atomic mass is 35.5. The van der Waals surface area contributed by atoms with Crippen LogP contribution in [0.4, 0.5) is 5.69 Å². The van der Waals surface area contributed by atoms with Crippen LogP contribution in [0.5, 0.6) is 0 Å². The number of hydrogen-bond donors (Lipinski definition) is 1. The summed E-state index contributed by atoms with van der Waals surface area (Å²) >= 11 is 10.7. The zero-order chi connectivity index (χ0) is 19.7. The molecule has 0 aliphatic carbocycles. The van der Waals surface area contributed by atoms with Crippen molar-refractivity contribution in [2.24, 2.45) is 0 Å². The fourth-order valence-electron chi connectivity index (χ4n) is 3.13. The first-order chi connectivity index (χ1) is 13.5. The summed E-state index contributed by atoms with van der Waals surface area (Å²) in [7, 11) is 2.14. The summed E-state index contributed by atoms with van der Waals surface area (Å²) in [5, 5.41) is 6.34. The van der Waals surface area contributed by atoms with Gasteiger partial charge in [-0.15, -0.1) is 11.3 Å². The lowest BCUT2D eigenvalue weighted by Gasteiger charge is -2.22. The topological polar surface area (TPSA) is 58.1 Å². The van der Waals surface area contributed by atoms with Gasteiger partial charge in [0.15, 0.2) is 5.16 Å². The van der Waals surface area contributed by atoms with E-state index >= 15 is 0 Å². The number of amides is 1. The molecule has 0 saturated heterocycles. The number of fused-ring (bicyclic) bond motifs is 3. The predicted molar refractivity (Wildman–Crippen MR) is 120 cm³/mol. The standard InChI is InChI=1S/C19H19ClN4OS3/c1-24-8-7-13-14(9-24)28-18-16(13)17(22-19(23-18)26-2)27-10-15(25)21-12-5-3-11(20)4-6-12/h3-6H,7-10H2,1-2H3,(H,21,25). The number of rotatable bonds is 5. The van der Waals surface area contributed by atoms with Gasteiger partial charge in [0.05, 0.1) is 5.75 Å². The summed E-state index contributed by atoms with van der Waals surface area (Å²) in [6, 6.07) is 7.12. The maximum atomic E-state index is 12.4. The van der Waals surface area contributed by atoms with Crippen molar-refractivity contribution >= 4 is 68.3 Å². The van der Waals surface area contributed by atoms with Crippen molar-refractivity contribution in [1.82, 2.24) is 14.9 Å². The smallest absolute Gasteiger partial charge is 0.234 e. The highest BCUT2D eigenvalue weighted by Crippen LogP contribution is 2.39. The van der Waals surface area contributed by atoms with Crippen LogP contribution >= 0.6 is 46.5 Å². The number of hydrogen-bond acceptors (Lipinski definition) is 7. The first-order valence-corrected chi connectivity index (χ1v) is 12.2. The maximum absolute atomic E-state index is 12.4. The van der Waals surface area contributed by atoms with Gasteiger partial charge in [0.1, 0.15) is 9.86 Å². The summed E-state index contributed by atoms with van der Waals surface area (Å²) in [4.78, 5) is 26.6. The summed E-state index contributed by atoms with van der Waals surface area (Å²) in [5.41, 5.74) is 2.09.